The van der Waals surface area contributed by atoms with Gasteiger partial charge in [-0.1, -0.05) is 103 Å². The largest absolute Gasteiger partial charge is 0.480 e. The average molecular weight is 355 g/mol. The van der Waals surface area contributed by atoms with Crippen molar-refractivity contribution in [1.82, 2.24) is 0 Å². The summed E-state index contributed by atoms with van der Waals surface area (Å²) >= 11 is 0. The van der Waals surface area contributed by atoms with E-state index < -0.39 is 17.4 Å². The fraction of sp³-hybridized carbons (Fsp3) is 0.905. The van der Waals surface area contributed by atoms with Crippen LogP contribution >= 0.6 is 0 Å². The standard InChI is InChI=1S/C14H24O4.C7H14/c15-12(16)14(13(17)18)10-8-6-4-2-1-3-5-7-9-11-14;1-2-4-6-7-5-3-1/h1-11H2,(H,15,16)(H,17,18);1-7H2. The summed E-state index contributed by atoms with van der Waals surface area (Å²) in [6.07, 6.45) is 20.2. The summed E-state index contributed by atoms with van der Waals surface area (Å²) in [6.45, 7) is 0. The van der Waals surface area contributed by atoms with Gasteiger partial charge in [0, 0.05) is 0 Å². The first-order valence-electron chi connectivity index (χ1n) is 10.6. The molecule has 0 spiro atoms. The van der Waals surface area contributed by atoms with Crippen LogP contribution in [-0.4, -0.2) is 22.2 Å². The number of carboxylic acids is 2. The van der Waals surface area contributed by atoms with Crippen LogP contribution in [0.15, 0.2) is 0 Å². The molecule has 4 heteroatoms. The van der Waals surface area contributed by atoms with E-state index in [0.29, 0.717) is 12.8 Å². The molecular formula is C21H38O4. The molecule has 2 N–H and O–H groups in total. The zero-order chi connectivity index (χ0) is 18.4. The van der Waals surface area contributed by atoms with Gasteiger partial charge in [0.25, 0.3) is 0 Å². The SMILES string of the molecule is C1CCCCCC1.O=C(O)C1(C(=O)O)CCCCCCCCCCC1. The summed E-state index contributed by atoms with van der Waals surface area (Å²) in [5, 5.41) is 18.6. The number of carboxylic acid groups (broad SMARTS) is 2. The van der Waals surface area contributed by atoms with E-state index >= 15 is 0 Å². The number of aliphatic carboxylic acids is 2. The molecule has 0 bridgehead atoms. The van der Waals surface area contributed by atoms with E-state index in [-0.39, 0.29) is 12.8 Å². The zero-order valence-corrected chi connectivity index (χ0v) is 15.9. The highest BCUT2D eigenvalue weighted by Gasteiger charge is 2.45. The number of hydrogen-bond acceptors (Lipinski definition) is 2. The van der Waals surface area contributed by atoms with Gasteiger partial charge in [0.2, 0.25) is 0 Å². The molecule has 0 radical (unpaired) electrons. The van der Waals surface area contributed by atoms with E-state index in [2.05, 4.69) is 0 Å². The average Bonchev–Trinajstić information content (AvgIpc) is 2.88. The molecule has 25 heavy (non-hydrogen) atoms. The Kier molecular flexibility index (Phi) is 11.6. The Hall–Kier alpha value is -1.06. The number of hydrogen-bond donors (Lipinski definition) is 2. The maximum atomic E-state index is 11.4. The van der Waals surface area contributed by atoms with Gasteiger partial charge in [0.05, 0.1) is 0 Å². The van der Waals surface area contributed by atoms with Crippen molar-refractivity contribution in [3.05, 3.63) is 0 Å². The van der Waals surface area contributed by atoms with Crippen LogP contribution in [0.5, 0.6) is 0 Å². The molecule has 2 rings (SSSR count). The summed E-state index contributed by atoms with van der Waals surface area (Å²) in [4.78, 5) is 22.7. The van der Waals surface area contributed by atoms with Crippen molar-refractivity contribution in [2.75, 3.05) is 0 Å². The lowest BCUT2D eigenvalue weighted by atomic mass is 9.77. The highest BCUT2D eigenvalue weighted by molar-refractivity contribution is 5.98. The molecule has 2 saturated carbocycles. The normalized spacial score (nSPS) is 22.9. The number of carbonyl (C=O) groups is 2. The van der Waals surface area contributed by atoms with Gasteiger partial charge in [-0.25, -0.2) is 0 Å². The predicted octanol–water partition coefficient (Wildman–Crippen LogP) is 6.18. The molecule has 0 amide bonds. The fourth-order valence-corrected chi connectivity index (χ4v) is 3.97. The lowest BCUT2D eigenvalue weighted by molar-refractivity contribution is -0.166. The van der Waals surface area contributed by atoms with Crippen molar-refractivity contribution < 1.29 is 19.8 Å². The quantitative estimate of drug-likeness (QED) is 0.459. The fourth-order valence-electron chi connectivity index (χ4n) is 3.97. The molecule has 4 nitrogen and oxygen atoms in total. The molecule has 0 aromatic heterocycles. The molecule has 2 fully saturated rings. The van der Waals surface area contributed by atoms with E-state index in [0.717, 1.165) is 25.7 Å². The molecule has 2 aliphatic rings. The van der Waals surface area contributed by atoms with Crippen LogP contribution in [0.1, 0.15) is 116 Å². The molecule has 0 aromatic carbocycles. The van der Waals surface area contributed by atoms with E-state index in [1.165, 1.54) is 64.2 Å². The second-order valence-corrected chi connectivity index (χ2v) is 7.85. The molecule has 0 saturated heterocycles. The first-order valence-corrected chi connectivity index (χ1v) is 10.6. The molecule has 2 aliphatic carbocycles. The van der Waals surface area contributed by atoms with Crippen LogP contribution in [-0.2, 0) is 9.59 Å². The van der Waals surface area contributed by atoms with Crippen molar-refractivity contribution in [3.8, 4) is 0 Å². The van der Waals surface area contributed by atoms with Gasteiger partial charge in [0.15, 0.2) is 5.41 Å². The second kappa shape index (κ2) is 13.2. The predicted molar refractivity (Wildman–Crippen MR) is 101 cm³/mol. The van der Waals surface area contributed by atoms with Crippen LogP contribution in [0.4, 0.5) is 0 Å². The van der Waals surface area contributed by atoms with Crippen molar-refractivity contribution >= 4 is 11.9 Å². The highest BCUT2D eigenvalue weighted by atomic mass is 16.4. The minimum Gasteiger partial charge on any atom is -0.480 e. The smallest absolute Gasteiger partial charge is 0.321 e. The summed E-state index contributed by atoms with van der Waals surface area (Å²) in [7, 11) is 0. The van der Waals surface area contributed by atoms with Gasteiger partial charge in [-0.2, -0.15) is 0 Å². The van der Waals surface area contributed by atoms with Crippen molar-refractivity contribution in [3.63, 3.8) is 0 Å². The Morgan fingerprint density at radius 2 is 0.640 bits per heavy atom. The molecule has 0 unspecified atom stereocenters. The Morgan fingerprint density at radius 3 is 0.840 bits per heavy atom. The summed E-state index contributed by atoms with van der Waals surface area (Å²) in [6, 6.07) is 0. The van der Waals surface area contributed by atoms with Crippen LogP contribution in [0, 0.1) is 5.41 Å². The third-order valence-corrected chi connectivity index (χ3v) is 5.78. The minimum atomic E-state index is -1.54. The topological polar surface area (TPSA) is 74.6 Å². The maximum absolute atomic E-state index is 11.4. The van der Waals surface area contributed by atoms with Crippen molar-refractivity contribution in [2.45, 2.75) is 116 Å². The molecule has 0 aromatic rings. The van der Waals surface area contributed by atoms with Crippen LogP contribution in [0.3, 0.4) is 0 Å². The summed E-state index contributed by atoms with van der Waals surface area (Å²) < 4.78 is 0. The van der Waals surface area contributed by atoms with Gasteiger partial charge >= 0.3 is 11.9 Å². The molecule has 0 atom stereocenters. The second-order valence-electron chi connectivity index (χ2n) is 7.85. The Bertz CT molecular complexity index is 330. The molecule has 0 aliphatic heterocycles. The van der Waals surface area contributed by atoms with E-state index in [1.807, 2.05) is 0 Å². The van der Waals surface area contributed by atoms with Gasteiger partial charge in [-0.05, 0) is 12.8 Å². The molecular weight excluding hydrogens is 316 g/mol. The highest BCUT2D eigenvalue weighted by Crippen LogP contribution is 2.33. The van der Waals surface area contributed by atoms with Crippen molar-refractivity contribution in [2.24, 2.45) is 5.41 Å². The van der Waals surface area contributed by atoms with Gasteiger partial charge in [0.1, 0.15) is 0 Å². The third-order valence-electron chi connectivity index (χ3n) is 5.78. The Morgan fingerprint density at radius 1 is 0.440 bits per heavy atom. The van der Waals surface area contributed by atoms with E-state index in [1.54, 1.807) is 0 Å². The summed E-state index contributed by atoms with van der Waals surface area (Å²) in [5.74, 6) is -2.32. The maximum Gasteiger partial charge on any atom is 0.321 e. The lowest BCUT2D eigenvalue weighted by Gasteiger charge is -2.25. The zero-order valence-electron chi connectivity index (χ0n) is 15.9. The van der Waals surface area contributed by atoms with Gasteiger partial charge in [-0.3, -0.25) is 9.59 Å². The van der Waals surface area contributed by atoms with Crippen LogP contribution in [0.25, 0.3) is 0 Å². The lowest BCUT2D eigenvalue weighted by Crippen LogP contribution is -2.39. The van der Waals surface area contributed by atoms with Gasteiger partial charge in [-0.15, -0.1) is 0 Å². The van der Waals surface area contributed by atoms with Crippen molar-refractivity contribution in [1.29, 1.82) is 0 Å². The first-order chi connectivity index (χ1) is 12.1. The third kappa shape index (κ3) is 8.73. The van der Waals surface area contributed by atoms with E-state index in [9.17, 15) is 19.8 Å². The Balaban J connectivity index is 0.000000370. The van der Waals surface area contributed by atoms with Crippen LogP contribution < -0.4 is 0 Å². The van der Waals surface area contributed by atoms with Gasteiger partial charge < -0.3 is 10.2 Å². The molecule has 0 heterocycles. The molecule has 146 valence electrons. The minimum absolute atomic E-state index is 0.275. The number of rotatable bonds is 2. The first kappa shape index (κ1) is 22.0. The van der Waals surface area contributed by atoms with E-state index in [4.69, 9.17) is 0 Å². The Labute approximate surface area is 153 Å². The summed E-state index contributed by atoms with van der Waals surface area (Å²) in [5.41, 5.74) is -1.54. The van der Waals surface area contributed by atoms with Crippen LogP contribution in [0.2, 0.25) is 0 Å². The monoisotopic (exact) mass is 354 g/mol.